The molecule has 2 unspecified atom stereocenters. The number of rotatable bonds is 3. The van der Waals surface area contributed by atoms with Gasteiger partial charge in [-0.05, 0) is 31.2 Å². The standard InChI is InChI=1S/C13H18FN3O/c14-12-8-16-5-4-11(12)13(18)17-7-9-2-1-3-10(15)6-9/h4-5,8-10H,1-3,6-7,15H2,(H,17,18). The number of carbonyl (C=O) groups excluding carboxylic acids is 1. The molecule has 0 aliphatic heterocycles. The van der Waals surface area contributed by atoms with Crippen molar-refractivity contribution in [2.24, 2.45) is 11.7 Å². The van der Waals surface area contributed by atoms with Gasteiger partial charge in [-0.1, -0.05) is 6.42 Å². The van der Waals surface area contributed by atoms with Gasteiger partial charge in [0.15, 0.2) is 5.82 Å². The Bertz CT molecular complexity index is 424. The van der Waals surface area contributed by atoms with Crippen LogP contribution in [0.3, 0.4) is 0 Å². The molecule has 0 radical (unpaired) electrons. The summed E-state index contributed by atoms with van der Waals surface area (Å²) < 4.78 is 13.3. The van der Waals surface area contributed by atoms with Crippen molar-refractivity contribution < 1.29 is 9.18 Å². The summed E-state index contributed by atoms with van der Waals surface area (Å²) in [4.78, 5) is 15.4. The summed E-state index contributed by atoms with van der Waals surface area (Å²) in [7, 11) is 0. The van der Waals surface area contributed by atoms with E-state index < -0.39 is 5.82 Å². The summed E-state index contributed by atoms with van der Waals surface area (Å²) in [6.07, 6.45) is 6.63. The fourth-order valence-electron chi connectivity index (χ4n) is 2.41. The molecule has 4 nitrogen and oxygen atoms in total. The first-order valence-corrected chi connectivity index (χ1v) is 6.30. The Labute approximate surface area is 106 Å². The Morgan fingerprint density at radius 2 is 2.39 bits per heavy atom. The van der Waals surface area contributed by atoms with Crippen LogP contribution in [0.4, 0.5) is 4.39 Å². The second kappa shape index (κ2) is 5.91. The average molecular weight is 251 g/mol. The number of nitrogens with one attached hydrogen (secondary N) is 1. The van der Waals surface area contributed by atoms with E-state index in [9.17, 15) is 9.18 Å². The molecule has 5 heteroatoms. The molecule has 1 heterocycles. The van der Waals surface area contributed by atoms with Crippen LogP contribution in [0.2, 0.25) is 0 Å². The SMILES string of the molecule is NC1CCCC(CNC(=O)c2ccncc2F)C1. The zero-order valence-corrected chi connectivity index (χ0v) is 10.2. The van der Waals surface area contributed by atoms with E-state index in [1.54, 1.807) is 0 Å². The first-order chi connectivity index (χ1) is 8.66. The van der Waals surface area contributed by atoms with Crippen molar-refractivity contribution in [2.45, 2.75) is 31.7 Å². The van der Waals surface area contributed by atoms with Crippen molar-refractivity contribution in [1.82, 2.24) is 10.3 Å². The fraction of sp³-hybridized carbons (Fsp3) is 0.538. The molecule has 0 aromatic carbocycles. The number of amides is 1. The normalized spacial score (nSPS) is 23.7. The highest BCUT2D eigenvalue weighted by atomic mass is 19.1. The second-order valence-electron chi connectivity index (χ2n) is 4.86. The Hall–Kier alpha value is -1.49. The van der Waals surface area contributed by atoms with Crippen molar-refractivity contribution in [3.05, 3.63) is 29.8 Å². The molecule has 0 bridgehead atoms. The zero-order valence-electron chi connectivity index (χ0n) is 10.2. The van der Waals surface area contributed by atoms with Gasteiger partial charge in [0, 0.05) is 18.8 Å². The van der Waals surface area contributed by atoms with Crippen LogP contribution < -0.4 is 11.1 Å². The zero-order chi connectivity index (χ0) is 13.0. The molecule has 1 saturated carbocycles. The van der Waals surface area contributed by atoms with E-state index in [4.69, 9.17) is 5.73 Å². The van der Waals surface area contributed by atoms with Crippen LogP contribution in [0.1, 0.15) is 36.0 Å². The van der Waals surface area contributed by atoms with Gasteiger partial charge in [0.25, 0.3) is 5.91 Å². The topological polar surface area (TPSA) is 68.0 Å². The number of nitrogens with two attached hydrogens (primary N) is 1. The van der Waals surface area contributed by atoms with Crippen LogP contribution in [0.25, 0.3) is 0 Å². The molecule has 2 rings (SSSR count). The smallest absolute Gasteiger partial charge is 0.254 e. The summed E-state index contributed by atoms with van der Waals surface area (Å²) in [6, 6.07) is 1.62. The molecule has 1 aliphatic rings. The molecule has 1 amide bonds. The van der Waals surface area contributed by atoms with E-state index in [-0.39, 0.29) is 17.5 Å². The highest BCUT2D eigenvalue weighted by Crippen LogP contribution is 2.22. The first-order valence-electron chi connectivity index (χ1n) is 6.30. The maximum Gasteiger partial charge on any atom is 0.254 e. The van der Waals surface area contributed by atoms with Crippen LogP contribution in [-0.2, 0) is 0 Å². The lowest BCUT2D eigenvalue weighted by molar-refractivity contribution is 0.0938. The van der Waals surface area contributed by atoms with Crippen LogP contribution in [0.5, 0.6) is 0 Å². The third-order valence-electron chi connectivity index (χ3n) is 3.39. The van der Waals surface area contributed by atoms with Gasteiger partial charge >= 0.3 is 0 Å². The Balaban J connectivity index is 1.87. The summed E-state index contributed by atoms with van der Waals surface area (Å²) in [5.41, 5.74) is 5.93. The van der Waals surface area contributed by atoms with E-state index in [1.165, 1.54) is 12.3 Å². The maximum atomic E-state index is 13.3. The summed E-state index contributed by atoms with van der Waals surface area (Å²) in [5.74, 6) is -0.563. The third kappa shape index (κ3) is 3.26. The number of hydrogen-bond donors (Lipinski definition) is 2. The third-order valence-corrected chi connectivity index (χ3v) is 3.39. The van der Waals surface area contributed by atoms with Gasteiger partial charge in [-0.2, -0.15) is 0 Å². The number of halogens is 1. The van der Waals surface area contributed by atoms with Gasteiger partial charge in [0.05, 0.1) is 11.8 Å². The van der Waals surface area contributed by atoms with Gasteiger partial charge in [-0.3, -0.25) is 9.78 Å². The largest absolute Gasteiger partial charge is 0.352 e. The molecule has 1 aromatic rings. The number of carbonyl (C=O) groups is 1. The maximum absolute atomic E-state index is 13.3. The molecule has 3 N–H and O–H groups in total. The van der Waals surface area contributed by atoms with E-state index in [0.717, 1.165) is 31.9 Å². The lowest BCUT2D eigenvalue weighted by Crippen LogP contribution is -2.35. The van der Waals surface area contributed by atoms with Gasteiger partial charge in [0.1, 0.15) is 0 Å². The molecule has 98 valence electrons. The molecular weight excluding hydrogens is 233 g/mol. The minimum Gasteiger partial charge on any atom is -0.352 e. The van der Waals surface area contributed by atoms with Crippen molar-refractivity contribution >= 4 is 5.91 Å². The molecule has 0 saturated heterocycles. The summed E-state index contributed by atoms with van der Waals surface area (Å²) in [5, 5.41) is 2.77. The number of aromatic nitrogens is 1. The number of pyridine rings is 1. The molecular formula is C13H18FN3O. The van der Waals surface area contributed by atoms with Crippen LogP contribution in [0.15, 0.2) is 18.5 Å². The molecule has 1 aromatic heterocycles. The fourth-order valence-corrected chi connectivity index (χ4v) is 2.41. The van der Waals surface area contributed by atoms with Gasteiger partial charge < -0.3 is 11.1 Å². The van der Waals surface area contributed by atoms with Crippen LogP contribution in [0, 0.1) is 11.7 Å². The predicted molar refractivity (Wildman–Crippen MR) is 66.5 cm³/mol. The summed E-state index contributed by atoms with van der Waals surface area (Å²) in [6.45, 7) is 0.564. The van der Waals surface area contributed by atoms with E-state index in [1.807, 2.05) is 0 Å². The van der Waals surface area contributed by atoms with Crippen molar-refractivity contribution in [1.29, 1.82) is 0 Å². The minimum atomic E-state index is -0.588. The number of hydrogen-bond acceptors (Lipinski definition) is 3. The quantitative estimate of drug-likeness (QED) is 0.854. The monoisotopic (exact) mass is 251 g/mol. The van der Waals surface area contributed by atoms with E-state index in [2.05, 4.69) is 10.3 Å². The van der Waals surface area contributed by atoms with Crippen molar-refractivity contribution in [3.8, 4) is 0 Å². The summed E-state index contributed by atoms with van der Waals surface area (Å²) >= 11 is 0. The van der Waals surface area contributed by atoms with Gasteiger partial charge in [-0.25, -0.2) is 4.39 Å². The first kappa shape index (κ1) is 13.0. The van der Waals surface area contributed by atoms with Crippen molar-refractivity contribution in [3.63, 3.8) is 0 Å². The predicted octanol–water partition coefficient (Wildman–Crippen LogP) is 1.47. The number of nitrogens with zero attached hydrogens (tertiary/aromatic N) is 1. The van der Waals surface area contributed by atoms with E-state index >= 15 is 0 Å². The van der Waals surface area contributed by atoms with Gasteiger partial charge in [0.2, 0.25) is 0 Å². The average Bonchev–Trinajstić information content (AvgIpc) is 2.37. The Morgan fingerprint density at radius 1 is 1.56 bits per heavy atom. The van der Waals surface area contributed by atoms with Crippen LogP contribution in [-0.4, -0.2) is 23.5 Å². The van der Waals surface area contributed by atoms with Crippen LogP contribution >= 0.6 is 0 Å². The molecule has 0 spiro atoms. The van der Waals surface area contributed by atoms with E-state index in [0.29, 0.717) is 12.5 Å². The second-order valence-corrected chi connectivity index (χ2v) is 4.86. The molecule has 1 aliphatic carbocycles. The molecule has 18 heavy (non-hydrogen) atoms. The Kier molecular flexibility index (Phi) is 4.25. The minimum absolute atomic E-state index is 0.0464. The molecule has 2 atom stereocenters. The highest BCUT2D eigenvalue weighted by molar-refractivity contribution is 5.94. The van der Waals surface area contributed by atoms with Gasteiger partial charge in [-0.15, -0.1) is 0 Å². The lowest BCUT2D eigenvalue weighted by Gasteiger charge is -2.26. The highest BCUT2D eigenvalue weighted by Gasteiger charge is 2.20. The lowest BCUT2D eigenvalue weighted by atomic mass is 9.86. The Morgan fingerprint density at radius 3 is 3.11 bits per heavy atom. The molecule has 1 fully saturated rings. The van der Waals surface area contributed by atoms with Crippen molar-refractivity contribution in [2.75, 3.05) is 6.54 Å².